The maximum Gasteiger partial charge on any atom is 0.107 e. The minimum atomic E-state index is 0.622. The largest absolute Gasteiger partial charge is 0.312 e. The second-order valence-electron chi connectivity index (χ2n) is 5.28. The van der Waals surface area contributed by atoms with E-state index in [0.717, 1.165) is 19.0 Å². The van der Waals surface area contributed by atoms with Gasteiger partial charge in [0.2, 0.25) is 0 Å². The summed E-state index contributed by atoms with van der Waals surface area (Å²) in [6.45, 7) is 6.60. The summed E-state index contributed by atoms with van der Waals surface area (Å²) in [7, 11) is 0. The summed E-state index contributed by atoms with van der Waals surface area (Å²) in [6, 6.07) is 0. The van der Waals surface area contributed by atoms with E-state index in [0.29, 0.717) is 10.5 Å². The Labute approximate surface area is 128 Å². The van der Waals surface area contributed by atoms with Gasteiger partial charge < -0.3 is 5.32 Å². The van der Waals surface area contributed by atoms with E-state index >= 15 is 0 Å². The zero-order valence-corrected chi connectivity index (χ0v) is 14.1. The third-order valence-electron chi connectivity index (χ3n) is 3.67. The lowest BCUT2D eigenvalue weighted by molar-refractivity contribution is 0.726. The van der Waals surface area contributed by atoms with Gasteiger partial charge in [-0.25, -0.2) is 4.98 Å². The predicted molar refractivity (Wildman–Crippen MR) is 88.6 cm³/mol. The summed E-state index contributed by atoms with van der Waals surface area (Å²) in [4.78, 5) is 6.55. The van der Waals surface area contributed by atoms with Gasteiger partial charge in [-0.05, 0) is 19.4 Å². The van der Waals surface area contributed by atoms with Gasteiger partial charge in [-0.3, -0.25) is 0 Å². The highest BCUT2D eigenvalue weighted by Crippen LogP contribution is 2.48. The molecule has 0 amide bonds. The smallest absolute Gasteiger partial charge is 0.107 e. The fourth-order valence-corrected chi connectivity index (χ4v) is 6.73. The Morgan fingerprint density at radius 1 is 1.26 bits per heavy atom. The summed E-state index contributed by atoms with van der Waals surface area (Å²) in [5, 5.41) is 6.20. The van der Waals surface area contributed by atoms with Crippen LogP contribution in [0.25, 0.3) is 0 Å². The van der Waals surface area contributed by atoms with Gasteiger partial charge in [-0.15, -0.1) is 23.1 Å². The molecule has 3 rings (SSSR count). The van der Waals surface area contributed by atoms with Crippen LogP contribution in [0.2, 0.25) is 0 Å². The standard InChI is InChI=1S/C14H22N2S3/c1-3-15-8-11-12(10-4-5-10)16-14(19-11)13-9(2)17-6-7-18-13/h9-10,13,15H,3-8H2,1-2H3. The molecule has 0 aromatic carbocycles. The molecular weight excluding hydrogens is 292 g/mol. The first-order valence-electron chi connectivity index (χ1n) is 7.23. The first-order valence-corrected chi connectivity index (χ1v) is 10.1. The van der Waals surface area contributed by atoms with Crippen molar-refractivity contribution < 1.29 is 0 Å². The fraction of sp³-hybridized carbons (Fsp3) is 0.786. The van der Waals surface area contributed by atoms with E-state index in [9.17, 15) is 0 Å². The van der Waals surface area contributed by atoms with E-state index in [4.69, 9.17) is 4.98 Å². The molecular formula is C14H22N2S3. The molecule has 1 aromatic rings. The molecule has 1 aliphatic carbocycles. The first-order chi connectivity index (χ1) is 9.29. The molecule has 2 fully saturated rings. The van der Waals surface area contributed by atoms with Crippen LogP contribution in [-0.2, 0) is 6.54 Å². The topological polar surface area (TPSA) is 24.9 Å². The molecule has 2 heterocycles. The van der Waals surface area contributed by atoms with Crippen molar-refractivity contribution in [3.05, 3.63) is 15.6 Å². The van der Waals surface area contributed by atoms with Crippen LogP contribution in [0, 0.1) is 0 Å². The van der Waals surface area contributed by atoms with Crippen molar-refractivity contribution >= 4 is 34.9 Å². The predicted octanol–water partition coefficient (Wildman–Crippen LogP) is 4.04. The number of hydrogen-bond donors (Lipinski definition) is 1. The van der Waals surface area contributed by atoms with Crippen LogP contribution in [0.1, 0.15) is 53.4 Å². The van der Waals surface area contributed by atoms with Crippen molar-refractivity contribution in [3.63, 3.8) is 0 Å². The molecule has 106 valence electrons. The van der Waals surface area contributed by atoms with Crippen molar-refractivity contribution in [1.82, 2.24) is 10.3 Å². The van der Waals surface area contributed by atoms with E-state index in [-0.39, 0.29) is 0 Å². The third kappa shape index (κ3) is 3.31. The fourth-order valence-electron chi connectivity index (χ4n) is 2.45. The Kier molecular flexibility index (Phi) is 4.78. The summed E-state index contributed by atoms with van der Waals surface area (Å²) >= 11 is 6.19. The molecule has 0 radical (unpaired) electrons. The lowest BCUT2D eigenvalue weighted by Crippen LogP contribution is -2.15. The molecule has 2 nitrogen and oxygen atoms in total. The Hall–Kier alpha value is 0.290. The van der Waals surface area contributed by atoms with Crippen molar-refractivity contribution in [2.24, 2.45) is 0 Å². The average molecular weight is 315 g/mol. The number of aromatic nitrogens is 1. The maximum absolute atomic E-state index is 5.04. The Bertz CT molecular complexity index is 428. The molecule has 1 N–H and O–H groups in total. The summed E-state index contributed by atoms with van der Waals surface area (Å²) in [6.07, 6.45) is 2.70. The van der Waals surface area contributed by atoms with E-state index in [1.807, 2.05) is 11.3 Å². The average Bonchev–Trinajstić information content (AvgIpc) is 3.18. The van der Waals surface area contributed by atoms with Crippen molar-refractivity contribution in [1.29, 1.82) is 0 Å². The van der Waals surface area contributed by atoms with E-state index < -0.39 is 0 Å². The number of nitrogens with one attached hydrogen (secondary N) is 1. The number of rotatable bonds is 5. The van der Waals surface area contributed by atoms with Crippen molar-refractivity contribution in [2.75, 3.05) is 18.1 Å². The molecule has 19 heavy (non-hydrogen) atoms. The highest BCUT2D eigenvalue weighted by molar-refractivity contribution is 8.06. The molecule has 1 aliphatic heterocycles. The van der Waals surface area contributed by atoms with Gasteiger partial charge in [0, 0.05) is 34.1 Å². The Morgan fingerprint density at radius 3 is 2.74 bits per heavy atom. The Morgan fingerprint density at radius 2 is 2.05 bits per heavy atom. The van der Waals surface area contributed by atoms with Crippen molar-refractivity contribution in [3.8, 4) is 0 Å². The zero-order chi connectivity index (χ0) is 13.2. The van der Waals surface area contributed by atoms with Crippen LogP contribution in [-0.4, -0.2) is 28.3 Å². The van der Waals surface area contributed by atoms with Gasteiger partial charge in [0.05, 0.1) is 10.9 Å². The summed E-state index contributed by atoms with van der Waals surface area (Å²) in [5.74, 6) is 3.35. The normalized spacial score (nSPS) is 27.7. The highest BCUT2D eigenvalue weighted by Gasteiger charge is 2.33. The van der Waals surface area contributed by atoms with Crippen LogP contribution in [0.4, 0.5) is 0 Å². The quantitative estimate of drug-likeness (QED) is 0.886. The minimum Gasteiger partial charge on any atom is -0.312 e. The molecule has 1 saturated heterocycles. The number of hydrogen-bond acceptors (Lipinski definition) is 5. The minimum absolute atomic E-state index is 0.622. The second kappa shape index (κ2) is 6.37. The molecule has 0 spiro atoms. The van der Waals surface area contributed by atoms with Crippen LogP contribution in [0.5, 0.6) is 0 Å². The molecule has 2 aliphatic rings. The number of thioether (sulfide) groups is 2. The van der Waals surface area contributed by atoms with Gasteiger partial charge in [0.15, 0.2) is 0 Å². The highest BCUT2D eigenvalue weighted by atomic mass is 32.2. The van der Waals surface area contributed by atoms with E-state index in [1.54, 1.807) is 0 Å². The molecule has 5 heteroatoms. The lowest BCUT2D eigenvalue weighted by Gasteiger charge is -2.25. The SMILES string of the molecule is CCNCc1sc(C2SCCSC2C)nc1C1CC1. The van der Waals surface area contributed by atoms with Crippen LogP contribution >= 0.6 is 34.9 Å². The van der Waals surface area contributed by atoms with Gasteiger partial charge in [-0.1, -0.05) is 13.8 Å². The summed E-state index contributed by atoms with van der Waals surface area (Å²) in [5.41, 5.74) is 1.42. The van der Waals surface area contributed by atoms with E-state index in [1.165, 1.54) is 39.9 Å². The van der Waals surface area contributed by atoms with Crippen LogP contribution in [0.15, 0.2) is 0 Å². The lowest BCUT2D eigenvalue weighted by atomic mass is 10.2. The monoisotopic (exact) mass is 314 g/mol. The molecule has 2 atom stereocenters. The van der Waals surface area contributed by atoms with Crippen LogP contribution in [0.3, 0.4) is 0 Å². The van der Waals surface area contributed by atoms with Gasteiger partial charge in [-0.2, -0.15) is 11.8 Å². The van der Waals surface area contributed by atoms with Gasteiger partial charge in [0.1, 0.15) is 5.01 Å². The molecule has 1 aromatic heterocycles. The second-order valence-corrected chi connectivity index (χ2v) is 9.13. The van der Waals surface area contributed by atoms with E-state index in [2.05, 4.69) is 42.7 Å². The number of thiazole rings is 1. The third-order valence-corrected chi connectivity index (χ3v) is 8.08. The molecule has 1 saturated carbocycles. The maximum atomic E-state index is 5.04. The summed E-state index contributed by atoms with van der Waals surface area (Å²) < 4.78 is 0. The van der Waals surface area contributed by atoms with Gasteiger partial charge >= 0.3 is 0 Å². The van der Waals surface area contributed by atoms with Crippen LogP contribution < -0.4 is 5.32 Å². The first kappa shape index (κ1) is 14.2. The molecule has 2 unspecified atom stereocenters. The van der Waals surface area contributed by atoms with Gasteiger partial charge in [0.25, 0.3) is 0 Å². The van der Waals surface area contributed by atoms with Crippen molar-refractivity contribution in [2.45, 2.75) is 49.7 Å². The Balaban J connectivity index is 1.80. The number of nitrogens with zero attached hydrogens (tertiary/aromatic N) is 1. The molecule has 0 bridgehead atoms. The zero-order valence-electron chi connectivity index (χ0n) is 11.6.